The summed E-state index contributed by atoms with van der Waals surface area (Å²) < 4.78 is 24.6. The molecule has 0 aliphatic carbocycles. The number of carbonyl (C=O) groups excluding carboxylic acids is 2. The molecular weight excluding hydrogens is 401 g/mol. The minimum Gasteiger partial charge on any atom is -0.460 e. The van der Waals surface area contributed by atoms with E-state index in [1.54, 1.807) is 0 Å². The van der Waals surface area contributed by atoms with E-state index in [1.165, 1.54) is 31.2 Å². The SMILES string of the molecule is CC(=O)O[C@@H]1CC(n2cc(C(=O)NCc3ccc(F)cc3)c(=O)[nH]c2=O)OC1CO. The van der Waals surface area contributed by atoms with E-state index in [1.807, 2.05) is 0 Å². The summed E-state index contributed by atoms with van der Waals surface area (Å²) in [5.41, 5.74) is -1.43. The topological polar surface area (TPSA) is 140 Å². The van der Waals surface area contributed by atoms with Crippen molar-refractivity contribution in [3.63, 3.8) is 0 Å². The lowest BCUT2D eigenvalue weighted by atomic mass is 10.2. The molecule has 0 spiro atoms. The molecule has 1 saturated heterocycles. The van der Waals surface area contributed by atoms with Gasteiger partial charge in [-0.25, -0.2) is 9.18 Å². The molecule has 2 aromatic rings. The van der Waals surface area contributed by atoms with Gasteiger partial charge in [0.1, 0.15) is 29.8 Å². The maximum Gasteiger partial charge on any atom is 0.330 e. The van der Waals surface area contributed by atoms with E-state index in [4.69, 9.17) is 9.47 Å². The number of rotatable bonds is 6. The summed E-state index contributed by atoms with van der Waals surface area (Å²) in [5.74, 6) is -1.74. The molecule has 3 atom stereocenters. The second-order valence-corrected chi connectivity index (χ2v) is 6.71. The highest BCUT2D eigenvalue weighted by Gasteiger charge is 2.38. The molecule has 2 unspecified atom stereocenters. The van der Waals surface area contributed by atoms with Crippen molar-refractivity contribution in [2.24, 2.45) is 0 Å². The Morgan fingerprint density at radius 2 is 2.03 bits per heavy atom. The van der Waals surface area contributed by atoms with Crippen LogP contribution in [0.2, 0.25) is 0 Å². The van der Waals surface area contributed by atoms with Gasteiger partial charge in [-0.1, -0.05) is 12.1 Å². The Morgan fingerprint density at radius 3 is 2.67 bits per heavy atom. The number of aromatic nitrogens is 2. The van der Waals surface area contributed by atoms with Crippen molar-refractivity contribution in [2.75, 3.05) is 6.61 Å². The van der Waals surface area contributed by atoms with Crippen molar-refractivity contribution in [3.8, 4) is 0 Å². The Bertz CT molecular complexity index is 1050. The summed E-state index contributed by atoms with van der Waals surface area (Å²) in [4.78, 5) is 50.0. The highest BCUT2D eigenvalue weighted by Crippen LogP contribution is 2.29. The number of aliphatic hydroxyl groups excluding tert-OH is 1. The highest BCUT2D eigenvalue weighted by atomic mass is 19.1. The molecule has 1 amide bonds. The number of H-pyrrole nitrogens is 1. The van der Waals surface area contributed by atoms with Crippen LogP contribution >= 0.6 is 0 Å². The van der Waals surface area contributed by atoms with Crippen LogP contribution in [0.25, 0.3) is 0 Å². The molecule has 0 bridgehead atoms. The lowest BCUT2D eigenvalue weighted by Gasteiger charge is -2.15. The van der Waals surface area contributed by atoms with Crippen LogP contribution in [0.1, 0.15) is 35.5 Å². The molecule has 1 aliphatic heterocycles. The highest BCUT2D eigenvalue weighted by molar-refractivity contribution is 5.93. The van der Waals surface area contributed by atoms with Gasteiger partial charge in [0.25, 0.3) is 11.5 Å². The number of ether oxygens (including phenoxy) is 2. The third-order valence-corrected chi connectivity index (χ3v) is 4.57. The fourth-order valence-electron chi connectivity index (χ4n) is 3.11. The first-order valence-corrected chi connectivity index (χ1v) is 9.10. The first-order chi connectivity index (χ1) is 14.3. The largest absolute Gasteiger partial charge is 0.460 e. The third kappa shape index (κ3) is 4.81. The molecule has 2 heterocycles. The fraction of sp³-hybridized carbons (Fsp3) is 0.368. The monoisotopic (exact) mass is 421 g/mol. The number of hydrogen-bond donors (Lipinski definition) is 3. The van der Waals surface area contributed by atoms with E-state index < -0.39 is 54.0 Å². The van der Waals surface area contributed by atoms with Crippen molar-refractivity contribution in [1.29, 1.82) is 0 Å². The zero-order valence-corrected chi connectivity index (χ0v) is 16.0. The van der Waals surface area contributed by atoms with Crippen LogP contribution in [0.5, 0.6) is 0 Å². The van der Waals surface area contributed by atoms with Gasteiger partial charge in [-0.15, -0.1) is 0 Å². The molecule has 1 aromatic carbocycles. The second-order valence-electron chi connectivity index (χ2n) is 6.71. The Balaban J connectivity index is 1.79. The molecule has 160 valence electrons. The summed E-state index contributed by atoms with van der Waals surface area (Å²) in [6.45, 7) is 0.799. The summed E-state index contributed by atoms with van der Waals surface area (Å²) in [6, 6.07) is 5.45. The van der Waals surface area contributed by atoms with E-state index in [0.717, 1.165) is 10.8 Å². The molecule has 0 saturated carbocycles. The first kappa shape index (κ1) is 21.4. The summed E-state index contributed by atoms with van der Waals surface area (Å²) in [6.07, 6.45) is -1.50. The Labute approximate surface area is 169 Å². The average molecular weight is 421 g/mol. The average Bonchev–Trinajstić information content (AvgIpc) is 3.09. The molecular formula is C19H20FN3O7. The normalized spacial score (nSPS) is 20.7. The smallest absolute Gasteiger partial charge is 0.330 e. The number of benzene rings is 1. The number of nitrogens with zero attached hydrogens (tertiary/aromatic N) is 1. The van der Waals surface area contributed by atoms with Gasteiger partial charge in [-0.05, 0) is 17.7 Å². The molecule has 0 radical (unpaired) electrons. The number of amides is 1. The van der Waals surface area contributed by atoms with Crippen LogP contribution in [0.3, 0.4) is 0 Å². The standard InChI is InChI=1S/C19H20FN3O7/c1-10(25)29-14-6-16(30-15(14)9-24)23-8-13(18(27)22-19(23)28)17(26)21-7-11-2-4-12(20)5-3-11/h2-5,8,14-16,24H,6-7,9H2,1H3,(H,21,26)(H,22,27,28)/t14-,15?,16?/m1/s1. The Kier molecular flexibility index (Phi) is 6.43. The zero-order valence-electron chi connectivity index (χ0n) is 16.0. The number of aromatic amines is 1. The summed E-state index contributed by atoms with van der Waals surface area (Å²) in [7, 11) is 0. The van der Waals surface area contributed by atoms with Gasteiger partial charge >= 0.3 is 11.7 Å². The van der Waals surface area contributed by atoms with Gasteiger partial charge in [0.15, 0.2) is 0 Å². The molecule has 1 fully saturated rings. The van der Waals surface area contributed by atoms with Crippen molar-refractivity contribution < 1.29 is 28.6 Å². The van der Waals surface area contributed by atoms with Gasteiger partial charge in [-0.2, -0.15) is 0 Å². The van der Waals surface area contributed by atoms with E-state index in [9.17, 15) is 28.7 Å². The molecule has 30 heavy (non-hydrogen) atoms. The maximum absolute atomic E-state index is 13.0. The lowest BCUT2D eigenvalue weighted by Crippen LogP contribution is -2.38. The van der Waals surface area contributed by atoms with Crippen LogP contribution in [-0.2, 0) is 20.8 Å². The zero-order chi connectivity index (χ0) is 21.8. The quantitative estimate of drug-likeness (QED) is 0.550. The predicted octanol–water partition coefficient (Wildman–Crippen LogP) is -0.183. The summed E-state index contributed by atoms with van der Waals surface area (Å²) >= 11 is 0. The number of aliphatic hydroxyl groups is 1. The van der Waals surface area contributed by atoms with Crippen LogP contribution in [0, 0.1) is 5.82 Å². The third-order valence-electron chi connectivity index (χ3n) is 4.57. The van der Waals surface area contributed by atoms with E-state index in [0.29, 0.717) is 5.56 Å². The number of halogens is 1. The Morgan fingerprint density at radius 1 is 1.33 bits per heavy atom. The van der Waals surface area contributed by atoms with Crippen LogP contribution in [0.4, 0.5) is 4.39 Å². The van der Waals surface area contributed by atoms with Crippen molar-refractivity contribution in [2.45, 2.75) is 38.3 Å². The van der Waals surface area contributed by atoms with Crippen LogP contribution in [0.15, 0.2) is 40.1 Å². The van der Waals surface area contributed by atoms with Crippen molar-refractivity contribution in [3.05, 3.63) is 68.2 Å². The molecule has 3 N–H and O–H groups in total. The van der Waals surface area contributed by atoms with Crippen molar-refractivity contribution >= 4 is 11.9 Å². The van der Waals surface area contributed by atoms with Gasteiger partial charge in [-0.3, -0.25) is 23.9 Å². The predicted molar refractivity (Wildman–Crippen MR) is 100 cm³/mol. The molecule has 10 nitrogen and oxygen atoms in total. The van der Waals surface area contributed by atoms with Crippen molar-refractivity contribution in [1.82, 2.24) is 14.9 Å². The number of hydrogen-bond acceptors (Lipinski definition) is 7. The number of nitrogens with one attached hydrogen (secondary N) is 2. The van der Waals surface area contributed by atoms with Gasteiger partial charge in [0.05, 0.1) is 6.61 Å². The second kappa shape index (κ2) is 9.01. The Hall–Kier alpha value is -3.31. The van der Waals surface area contributed by atoms with Crippen LogP contribution in [-0.4, -0.2) is 45.3 Å². The van der Waals surface area contributed by atoms with Gasteiger partial charge < -0.3 is 19.9 Å². The minimum atomic E-state index is -0.959. The molecule has 11 heteroatoms. The summed E-state index contributed by atoms with van der Waals surface area (Å²) in [5, 5.41) is 11.9. The van der Waals surface area contributed by atoms with Gasteiger partial charge in [0.2, 0.25) is 0 Å². The van der Waals surface area contributed by atoms with Gasteiger partial charge in [0, 0.05) is 26.1 Å². The van der Waals surface area contributed by atoms with E-state index in [-0.39, 0.29) is 18.5 Å². The number of carbonyl (C=O) groups is 2. The fourth-order valence-corrected chi connectivity index (χ4v) is 3.11. The number of esters is 1. The first-order valence-electron chi connectivity index (χ1n) is 9.10. The van der Waals surface area contributed by atoms with Crippen LogP contribution < -0.4 is 16.6 Å². The lowest BCUT2D eigenvalue weighted by molar-refractivity contribution is -0.150. The molecule has 1 aromatic heterocycles. The van der Waals surface area contributed by atoms with E-state index >= 15 is 0 Å². The molecule has 3 rings (SSSR count). The maximum atomic E-state index is 13.0. The van der Waals surface area contributed by atoms with E-state index in [2.05, 4.69) is 10.3 Å². The molecule has 1 aliphatic rings. The minimum absolute atomic E-state index is 0.0404.